The molecule has 4 atom stereocenters. The molecule has 0 radical (unpaired) electrons. The van der Waals surface area contributed by atoms with Gasteiger partial charge in [0.15, 0.2) is 12.4 Å². The third-order valence-corrected chi connectivity index (χ3v) is 8.41. The summed E-state index contributed by atoms with van der Waals surface area (Å²) in [5, 5.41) is 9.65. The number of para-hydroxylation sites is 1. The summed E-state index contributed by atoms with van der Waals surface area (Å²) in [4.78, 5) is 67.8. The molecule has 41 heavy (non-hydrogen) atoms. The van der Waals surface area contributed by atoms with E-state index in [4.69, 9.17) is 16.3 Å². The topological polar surface area (TPSA) is 146 Å². The molecule has 2 heterocycles. The number of fused-ring (bicyclic) bond motifs is 1. The molecule has 10 nitrogen and oxygen atoms in total. The van der Waals surface area contributed by atoms with Crippen LogP contribution in [0.5, 0.6) is 0 Å². The molecular formula is C30H39ClN4O6. The molecule has 222 valence electrons. The number of Topliss-reactive ketones (excluding diaryl/α,β-unsaturated/α-hetero) is 1. The van der Waals surface area contributed by atoms with Gasteiger partial charge in [0, 0.05) is 17.8 Å². The van der Waals surface area contributed by atoms with E-state index in [0.29, 0.717) is 35.8 Å². The lowest BCUT2D eigenvalue weighted by molar-refractivity contribution is -0.153. The van der Waals surface area contributed by atoms with Crippen LogP contribution in [0.1, 0.15) is 69.8 Å². The number of halogens is 1. The maximum Gasteiger partial charge on any atom is 0.309 e. The van der Waals surface area contributed by atoms with Crippen molar-refractivity contribution in [3.05, 3.63) is 35.0 Å². The average molecular weight is 587 g/mol. The Labute approximate surface area is 244 Å². The highest BCUT2D eigenvalue weighted by atomic mass is 35.5. The van der Waals surface area contributed by atoms with Crippen molar-refractivity contribution in [3.63, 3.8) is 0 Å². The third kappa shape index (κ3) is 8.09. The number of ether oxygens (including phenoxy) is 1. The molecule has 0 unspecified atom stereocenters. The van der Waals surface area contributed by atoms with E-state index in [-0.39, 0.29) is 23.9 Å². The van der Waals surface area contributed by atoms with Gasteiger partial charge in [-0.25, -0.2) is 0 Å². The van der Waals surface area contributed by atoms with Crippen LogP contribution in [0.2, 0.25) is 5.02 Å². The van der Waals surface area contributed by atoms with Crippen molar-refractivity contribution >= 4 is 52.0 Å². The fourth-order valence-electron chi connectivity index (χ4n) is 4.93. The van der Waals surface area contributed by atoms with Gasteiger partial charge < -0.3 is 25.7 Å². The van der Waals surface area contributed by atoms with Gasteiger partial charge in [-0.05, 0) is 49.7 Å². The number of esters is 1. The second-order valence-corrected chi connectivity index (χ2v) is 12.0. The molecule has 1 saturated carbocycles. The van der Waals surface area contributed by atoms with E-state index in [1.54, 1.807) is 25.1 Å². The van der Waals surface area contributed by atoms with Crippen molar-refractivity contribution < 1.29 is 28.7 Å². The number of amides is 3. The molecule has 1 aromatic heterocycles. The number of hydrogen-bond acceptors (Lipinski definition) is 6. The minimum absolute atomic E-state index is 0.0409. The Morgan fingerprint density at radius 3 is 2.46 bits per heavy atom. The van der Waals surface area contributed by atoms with Crippen molar-refractivity contribution in [1.82, 2.24) is 20.9 Å². The van der Waals surface area contributed by atoms with E-state index in [9.17, 15) is 24.0 Å². The lowest BCUT2D eigenvalue weighted by Gasteiger charge is -2.28. The number of nitrogens with one attached hydrogen (secondary N) is 4. The molecule has 2 aromatic rings. The summed E-state index contributed by atoms with van der Waals surface area (Å²) >= 11 is 6.24. The highest BCUT2D eigenvalue weighted by Crippen LogP contribution is 2.34. The molecule has 4 N–H and O–H groups in total. The van der Waals surface area contributed by atoms with E-state index in [2.05, 4.69) is 20.9 Å². The molecule has 1 aliphatic carbocycles. The Morgan fingerprint density at radius 1 is 1.05 bits per heavy atom. The van der Waals surface area contributed by atoms with Gasteiger partial charge >= 0.3 is 5.97 Å². The number of carbonyl (C=O) groups excluding carboxylic acids is 5. The van der Waals surface area contributed by atoms with E-state index >= 15 is 0 Å². The Kier molecular flexibility index (Phi) is 10.1. The number of benzene rings is 1. The zero-order valence-corrected chi connectivity index (χ0v) is 24.5. The van der Waals surface area contributed by atoms with E-state index < -0.39 is 54.1 Å². The van der Waals surface area contributed by atoms with E-state index in [1.807, 2.05) is 19.9 Å². The molecule has 3 amide bonds. The summed E-state index contributed by atoms with van der Waals surface area (Å²) in [5.74, 6) is -2.67. The number of rotatable bonds is 13. The first kappa shape index (κ1) is 30.6. The zero-order valence-electron chi connectivity index (χ0n) is 23.8. The zero-order chi connectivity index (χ0) is 29.7. The SMILES string of the molecule is CC(C)[C@H](C)C(=O)OCC(=O)[C@H](C[C@@H]1CCCNC1=O)NC(=O)[C@H](CC1CC1)NC(=O)c1cc2cccc(Cl)c2[nH]1. The summed E-state index contributed by atoms with van der Waals surface area (Å²) in [6.45, 7) is 5.56. The number of ketones is 1. The van der Waals surface area contributed by atoms with Gasteiger partial charge in [0.25, 0.3) is 5.91 Å². The Balaban J connectivity index is 1.47. The van der Waals surface area contributed by atoms with E-state index in [1.165, 1.54) is 0 Å². The molecule has 4 rings (SSSR count). The fraction of sp³-hybridized carbons (Fsp3) is 0.567. The Hall–Kier alpha value is -3.40. The summed E-state index contributed by atoms with van der Waals surface area (Å²) < 4.78 is 5.28. The van der Waals surface area contributed by atoms with Crippen LogP contribution < -0.4 is 16.0 Å². The molecule has 2 aliphatic rings. The van der Waals surface area contributed by atoms with Crippen LogP contribution in [0.4, 0.5) is 0 Å². The standard InChI is InChI=1S/C30H39ClN4O6/c1-16(2)17(3)30(40)41-15-25(36)22(14-20-7-5-11-32-27(20)37)34-28(38)23(12-18-9-10-18)35-29(39)24-13-19-6-4-8-21(31)26(19)33-24/h4,6,8,13,16-18,20,22-23,33H,5,7,9-12,14-15H2,1-3H3,(H,32,37)(H,34,38)(H,35,39)/t17-,20-,22-,23-/m0/s1. The van der Waals surface area contributed by atoms with Crippen LogP contribution in [0.25, 0.3) is 10.9 Å². The first-order chi connectivity index (χ1) is 19.5. The van der Waals surface area contributed by atoms with Crippen molar-refractivity contribution in [3.8, 4) is 0 Å². The number of piperidine rings is 1. The normalized spacial score (nSPS) is 19.2. The maximum absolute atomic E-state index is 13.6. The quantitative estimate of drug-likeness (QED) is 0.264. The van der Waals surface area contributed by atoms with Crippen LogP contribution in [0, 0.1) is 23.7 Å². The molecule has 1 aromatic carbocycles. The van der Waals surface area contributed by atoms with Gasteiger partial charge in [-0.2, -0.15) is 0 Å². The van der Waals surface area contributed by atoms with Gasteiger partial charge in [0.2, 0.25) is 11.8 Å². The monoisotopic (exact) mass is 586 g/mol. The molecule has 2 fully saturated rings. The van der Waals surface area contributed by atoms with Gasteiger partial charge in [0.05, 0.1) is 22.5 Å². The van der Waals surface area contributed by atoms with Crippen LogP contribution in [-0.4, -0.2) is 59.7 Å². The van der Waals surface area contributed by atoms with Crippen LogP contribution in [0.15, 0.2) is 24.3 Å². The fourth-order valence-corrected chi connectivity index (χ4v) is 5.16. The highest BCUT2D eigenvalue weighted by Gasteiger charge is 2.35. The van der Waals surface area contributed by atoms with Crippen LogP contribution in [-0.2, 0) is 23.9 Å². The predicted octanol–water partition coefficient (Wildman–Crippen LogP) is 3.53. The molecule has 1 saturated heterocycles. The lowest BCUT2D eigenvalue weighted by Crippen LogP contribution is -2.53. The van der Waals surface area contributed by atoms with Crippen molar-refractivity contribution in [2.24, 2.45) is 23.7 Å². The first-order valence-corrected chi connectivity index (χ1v) is 14.8. The molecule has 1 aliphatic heterocycles. The first-order valence-electron chi connectivity index (χ1n) is 14.4. The molecule has 11 heteroatoms. The smallest absolute Gasteiger partial charge is 0.309 e. The van der Waals surface area contributed by atoms with Crippen LogP contribution in [0.3, 0.4) is 0 Å². The number of aromatic amines is 1. The second-order valence-electron chi connectivity index (χ2n) is 11.6. The number of aromatic nitrogens is 1. The second kappa shape index (κ2) is 13.5. The molecule has 0 spiro atoms. The number of H-pyrrole nitrogens is 1. The van der Waals surface area contributed by atoms with Gasteiger partial charge in [-0.3, -0.25) is 24.0 Å². The van der Waals surface area contributed by atoms with Gasteiger partial charge in [-0.1, -0.05) is 57.3 Å². The van der Waals surface area contributed by atoms with Gasteiger partial charge in [0.1, 0.15) is 11.7 Å². The van der Waals surface area contributed by atoms with Crippen LogP contribution >= 0.6 is 11.6 Å². The van der Waals surface area contributed by atoms with Crippen molar-refractivity contribution in [2.75, 3.05) is 13.2 Å². The summed E-state index contributed by atoms with van der Waals surface area (Å²) in [6, 6.07) is 5.06. The lowest BCUT2D eigenvalue weighted by atomic mass is 9.90. The molecular weight excluding hydrogens is 548 g/mol. The minimum atomic E-state index is -1.05. The van der Waals surface area contributed by atoms with Crippen molar-refractivity contribution in [2.45, 2.75) is 71.4 Å². The third-order valence-electron chi connectivity index (χ3n) is 8.09. The summed E-state index contributed by atoms with van der Waals surface area (Å²) in [5.41, 5.74) is 0.889. The predicted molar refractivity (Wildman–Crippen MR) is 154 cm³/mol. The average Bonchev–Trinajstić information content (AvgIpc) is 3.65. The number of hydrogen-bond donors (Lipinski definition) is 4. The maximum atomic E-state index is 13.6. The largest absolute Gasteiger partial charge is 0.457 e. The minimum Gasteiger partial charge on any atom is -0.457 e. The molecule has 0 bridgehead atoms. The Morgan fingerprint density at radius 2 is 1.80 bits per heavy atom. The highest BCUT2D eigenvalue weighted by molar-refractivity contribution is 6.35. The van der Waals surface area contributed by atoms with Gasteiger partial charge in [-0.15, -0.1) is 0 Å². The number of carbonyl (C=O) groups is 5. The summed E-state index contributed by atoms with van der Waals surface area (Å²) in [7, 11) is 0. The van der Waals surface area contributed by atoms with E-state index in [0.717, 1.165) is 24.6 Å². The summed E-state index contributed by atoms with van der Waals surface area (Å²) in [6.07, 6.45) is 3.76. The van der Waals surface area contributed by atoms with Crippen molar-refractivity contribution in [1.29, 1.82) is 0 Å². The Bertz CT molecular complexity index is 1300.